The van der Waals surface area contributed by atoms with E-state index in [1.165, 1.54) is 31.4 Å². The number of carbonyl (C=O) groups is 1. The van der Waals surface area contributed by atoms with Gasteiger partial charge in [0.15, 0.2) is 0 Å². The summed E-state index contributed by atoms with van der Waals surface area (Å²) in [7, 11) is 1.46. The van der Waals surface area contributed by atoms with Crippen molar-refractivity contribution >= 4 is 27.3 Å². The molecule has 3 aromatic rings. The lowest BCUT2D eigenvalue weighted by Crippen LogP contribution is -2.32. The van der Waals surface area contributed by atoms with Gasteiger partial charge in [0.05, 0.1) is 12.0 Å². The highest BCUT2D eigenvalue weighted by Gasteiger charge is 2.34. The molecule has 0 bridgehead atoms. The monoisotopic (exact) mass is 511 g/mol. The molecule has 0 saturated heterocycles. The molecule has 9 heteroatoms. The summed E-state index contributed by atoms with van der Waals surface area (Å²) in [5.74, 6) is 0.215. The van der Waals surface area contributed by atoms with E-state index in [0.717, 1.165) is 24.1 Å². The van der Waals surface area contributed by atoms with Crippen LogP contribution in [0, 0.1) is 11.7 Å². The number of ether oxygens (including phenoxy) is 1. The molecule has 0 aromatic heterocycles. The number of amides is 1. The molecule has 190 valence electrons. The third-order valence-corrected chi connectivity index (χ3v) is 7.44. The summed E-state index contributed by atoms with van der Waals surface area (Å²) in [6.45, 7) is 0.527. The number of hydrogen-bond donors (Lipinski definition) is 1. The van der Waals surface area contributed by atoms with E-state index in [1.807, 2.05) is 25.1 Å². The van der Waals surface area contributed by atoms with E-state index in [2.05, 4.69) is 4.72 Å². The number of sulfonamides is 1. The summed E-state index contributed by atoms with van der Waals surface area (Å²) in [5, 5.41) is 0. The van der Waals surface area contributed by atoms with E-state index < -0.39 is 10.0 Å². The van der Waals surface area contributed by atoms with Gasteiger partial charge < -0.3 is 14.5 Å². The molecular weight excluding hydrogens is 481 g/mol. The maximum atomic E-state index is 13.8. The summed E-state index contributed by atoms with van der Waals surface area (Å²) in [6.07, 6.45) is 1.70. The Labute approximate surface area is 211 Å². The summed E-state index contributed by atoms with van der Waals surface area (Å²) >= 11 is 0. The van der Waals surface area contributed by atoms with Crippen LogP contribution < -0.4 is 14.4 Å². The predicted octanol–water partition coefficient (Wildman–Crippen LogP) is 4.64. The topological polar surface area (TPSA) is 79.0 Å². The van der Waals surface area contributed by atoms with Crippen molar-refractivity contribution < 1.29 is 22.3 Å². The molecule has 1 fully saturated rings. The molecule has 0 aliphatic heterocycles. The molecule has 1 aliphatic carbocycles. The Morgan fingerprint density at radius 2 is 1.75 bits per heavy atom. The number of carbonyl (C=O) groups excluding carboxylic acids is 1. The smallest absolute Gasteiger partial charge is 0.261 e. The van der Waals surface area contributed by atoms with Gasteiger partial charge in [-0.1, -0.05) is 12.1 Å². The first-order valence-electron chi connectivity index (χ1n) is 11.7. The van der Waals surface area contributed by atoms with Crippen molar-refractivity contribution in [3.8, 4) is 5.75 Å². The van der Waals surface area contributed by atoms with Crippen LogP contribution in [0.2, 0.25) is 0 Å². The zero-order chi connectivity index (χ0) is 25.9. The van der Waals surface area contributed by atoms with Crippen molar-refractivity contribution in [2.24, 2.45) is 5.92 Å². The van der Waals surface area contributed by atoms with Gasteiger partial charge in [-0.05, 0) is 78.6 Å². The van der Waals surface area contributed by atoms with Gasteiger partial charge in [0, 0.05) is 44.5 Å². The molecule has 1 saturated carbocycles. The molecule has 4 rings (SSSR count). The molecule has 0 atom stereocenters. The average molecular weight is 512 g/mol. The van der Waals surface area contributed by atoms with E-state index in [4.69, 9.17) is 4.74 Å². The van der Waals surface area contributed by atoms with E-state index in [0.29, 0.717) is 17.0 Å². The minimum Gasteiger partial charge on any atom is -0.497 e. The Bertz CT molecular complexity index is 1340. The van der Waals surface area contributed by atoms with Crippen molar-refractivity contribution in [3.63, 3.8) is 0 Å². The number of anilines is 2. The molecule has 1 N–H and O–H groups in total. The lowest BCUT2D eigenvalue weighted by molar-refractivity contribution is -0.133. The van der Waals surface area contributed by atoms with E-state index in [9.17, 15) is 17.6 Å². The van der Waals surface area contributed by atoms with Crippen molar-refractivity contribution in [2.75, 3.05) is 30.8 Å². The van der Waals surface area contributed by atoms with Gasteiger partial charge in [-0.2, -0.15) is 0 Å². The first-order chi connectivity index (χ1) is 17.2. The van der Waals surface area contributed by atoms with E-state index in [1.54, 1.807) is 41.3 Å². The molecule has 0 radical (unpaired) electrons. The first-order valence-corrected chi connectivity index (χ1v) is 13.1. The maximum Gasteiger partial charge on any atom is 0.261 e. The fourth-order valence-electron chi connectivity index (χ4n) is 4.04. The summed E-state index contributed by atoms with van der Waals surface area (Å²) < 4.78 is 47.5. The number of benzene rings is 3. The molecule has 0 heterocycles. The van der Waals surface area contributed by atoms with Crippen molar-refractivity contribution in [1.82, 2.24) is 4.90 Å². The number of methoxy groups -OCH3 is 1. The zero-order valence-corrected chi connectivity index (χ0v) is 21.4. The van der Waals surface area contributed by atoms with Crippen LogP contribution in [-0.4, -0.2) is 40.4 Å². The number of hydrogen-bond acceptors (Lipinski definition) is 5. The molecule has 0 unspecified atom stereocenters. The lowest BCUT2D eigenvalue weighted by Gasteiger charge is -2.26. The van der Waals surface area contributed by atoms with Crippen molar-refractivity contribution in [1.29, 1.82) is 0 Å². The Balaban J connectivity index is 1.62. The molecular formula is C27H30FN3O4S. The van der Waals surface area contributed by atoms with Gasteiger partial charge in [-0.25, -0.2) is 12.8 Å². The van der Waals surface area contributed by atoms with Gasteiger partial charge in [-0.3, -0.25) is 9.52 Å². The van der Waals surface area contributed by atoms with Gasteiger partial charge in [0.2, 0.25) is 5.91 Å². The molecule has 1 aliphatic rings. The molecule has 7 nitrogen and oxygen atoms in total. The largest absolute Gasteiger partial charge is 0.497 e. The molecule has 36 heavy (non-hydrogen) atoms. The standard InChI is InChI=1S/C27H30FN3O4S/c1-30(2)26-14-9-23(29-36(33,34)25-12-10-24(35-3)11-13-25)16-21(26)18-31(27(32)20-7-8-20)17-19-5-4-6-22(28)15-19/h4-6,9-16,20,29H,7-8,17-18H2,1-3H3. The first kappa shape index (κ1) is 25.5. The number of rotatable bonds is 10. The Morgan fingerprint density at radius 1 is 1.03 bits per heavy atom. The predicted molar refractivity (Wildman–Crippen MR) is 138 cm³/mol. The Kier molecular flexibility index (Phi) is 7.49. The fourth-order valence-corrected chi connectivity index (χ4v) is 5.09. The highest BCUT2D eigenvalue weighted by Crippen LogP contribution is 2.33. The maximum absolute atomic E-state index is 13.8. The lowest BCUT2D eigenvalue weighted by atomic mass is 10.1. The van der Waals surface area contributed by atoms with Crippen LogP contribution in [0.4, 0.5) is 15.8 Å². The fraction of sp³-hybridized carbons (Fsp3) is 0.296. The van der Waals surface area contributed by atoms with E-state index >= 15 is 0 Å². The third-order valence-electron chi connectivity index (χ3n) is 6.05. The average Bonchev–Trinajstić information content (AvgIpc) is 3.68. The normalized spacial score (nSPS) is 13.2. The zero-order valence-electron chi connectivity index (χ0n) is 20.6. The van der Waals surface area contributed by atoms with Gasteiger partial charge in [0.25, 0.3) is 10.0 Å². The summed E-state index contributed by atoms with van der Waals surface area (Å²) in [4.78, 5) is 16.9. The summed E-state index contributed by atoms with van der Waals surface area (Å²) in [6, 6.07) is 17.6. The Hall–Kier alpha value is -3.59. The van der Waals surface area contributed by atoms with E-state index in [-0.39, 0.29) is 35.6 Å². The molecule has 1 amide bonds. The third kappa shape index (κ3) is 6.15. The van der Waals surface area contributed by atoms with Gasteiger partial charge >= 0.3 is 0 Å². The van der Waals surface area contributed by atoms with Gasteiger partial charge in [0.1, 0.15) is 11.6 Å². The summed E-state index contributed by atoms with van der Waals surface area (Å²) in [5.41, 5.74) is 2.72. The van der Waals surface area contributed by atoms with Crippen LogP contribution in [-0.2, 0) is 27.9 Å². The highest BCUT2D eigenvalue weighted by molar-refractivity contribution is 7.92. The van der Waals surface area contributed by atoms with Crippen LogP contribution in [0.25, 0.3) is 0 Å². The van der Waals surface area contributed by atoms with Crippen LogP contribution in [0.1, 0.15) is 24.0 Å². The quantitative estimate of drug-likeness (QED) is 0.429. The van der Waals surface area contributed by atoms with Crippen molar-refractivity contribution in [3.05, 3.63) is 83.7 Å². The minimum atomic E-state index is -3.83. The van der Waals surface area contributed by atoms with Gasteiger partial charge in [-0.15, -0.1) is 0 Å². The van der Waals surface area contributed by atoms with Crippen LogP contribution >= 0.6 is 0 Å². The minimum absolute atomic E-state index is 0.0156. The second kappa shape index (κ2) is 10.6. The SMILES string of the molecule is COc1ccc(S(=O)(=O)Nc2ccc(N(C)C)c(CN(Cc3cccc(F)c3)C(=O)C3CC3)c2)cc1. The molecule has 0 spiro atoms. The number of nitrogens with one attached hydrogen (secondary N) is 1. The number of halogens is 1. The second-order valence-corrected chi connectivity index (χ2v) is 10.8. The van der Waals surface area contributed by atoms with Crippen LogP contribution in [0.3, 0.4) is 0 Å². The highest BCUT2D eigenvalue weighted by atomic mass is 32.2. The van der Waals surface area contributed by atoms with Crippen LogP contribution in [0.15, 0.2) is 71.6 Å². The Morgan fingerprint density at radius 3 is 2.36 bits per heavy atom. The number of nitrogens with zero attached hydrogens (tertiary/aromatic N) is 2. The van der Waals surface area contributed by atoms with Crippen LogP contribution in [0.5, 0.6) is 5.75 Å². The molecule has 3 aromatic carbocycles. The second-order valence-electron chi connectivity index (χ2n) is 9.12. The van der Waals surface area contributed by atoms with Crippen molar-refractivity contribution in [2.45, 2.75) is 30.8 Å².